The molecule has 0 unspecified atom stereocenters. The van der Waals surface area contributed by atoms with Crippen molar-refractivity contribution in [3.63, 3.8) is 0 Å². The summed E-state index contributed by atoms with van der Waals surface area (Å²) in [5, 5.41) is 8.59. The molecule has 2 aromatic rings. The van der Waals surface area contributed by atoms with Crippen molar-refractivity contribution >= 4 is 29.1 Å². The number of anilines is 3. The van der Waals surface area contributed by atoms with Gasteiger partial charge in [-0.2, -0.15) is 0 Å². The topological polar surface area (TPSA) is 96.0 Å². The van der Waals surface area contributed by atoms with Crippen molar-refractivity contribution in [3.05, 3.63) is 41.7 Å². The molecule has 0 aliphatic heterocycles. The van der Waals surface area contributed by atoms with Gasteiger partial charge in [0.1, 0.15) is 5.69 Å². The van der Waals surface area contributed by atoms with E-state index in [0.29, 0.717) is 23.0 Å². The lowest BCUT2D eigenvalue weighted by Gasteiger charge is -2.10. The third kappa shape index (κ3) is 5.87. The van der Waals surface area contributed by atoms with Gasteiger partial charge in [0.05, 0.1) is 0 Å². The summed E-state index contributed by atoms with van der Waals surface area (Å²) in [4.78, 5) is 32.2. The zero-order valence-corrected chi connectivity index (χ0v) is 14.7. The number of carbonyl (C=O) groups is 2. The molecule has 3 N–H and O–H groups in total. The molecule has 0 aliphatic carbocycles. The van der Waals surface area contributed by atoms with Gasteiger partial charge in [0.15, 0.2) is 0 Å². The van der Waals surface area contributed by atoms with Crippen LogP contribution in [0.1, 0.15) is 42.9 Å². The molecular weight excluding hydrogens is 318 g/mol. The summed E-state index contributed by atoms with van der Waals surface area (Å²) in [5.74, 6) is -0.0488. The molecule has 0 atom stereocenters. The highest BCUT2D eigenvalue weighted by Crippen LogP contribution is 2.16. The highest BCUT2D eigenvalue weighted by atomic mass is 16.2. The molecule has 0 aliphatic rings. The van der Waals surface area contributed by atoms with Crippen LogP contribution in [0.3, 0.4) is 0 Å². The Balaban J connectivity index is 2.11. The number of hydrogen-bond acceptors (Lipinski definition) is 5. The molecule has 0 bridgehead atoms. The number of aryl methyl sites for hydroxylation is 1. The van der Waals surface area contributed by atoms with Crippen LogP contribution in [0.5, 0.6) is 0 Å². The Morgan fingerprint density at radius 1 is 1.08 bits per heavy atom. The first-order valence-corrected chi connectivity index (χ1v) is 8.26. The van der Waals surface area contributed by atoms with Gasteiger partial charge in [-0.3, -0.25) is 9.59 Å². The fourth-order valence-electron chi connectivity index (χ4n) is 2.21. The zero-order chi connectivity index (χ0) is 18.2. The van der Waals surface area contributed by atoms with Crippen LogP contribution in [-0.4, -0.2) is 28.3 Å². The summed E-state index contributed by atoms with van der Waals surface area (Å²) in [6, 6.07) is 8.58. The minimum absolute atomic E-state index is 0.169. The highest BCUT2D eigenvalue weighted by molar-refractivity contribution is 6.03. The largest absolute Gasteiger partial charge is 0.354 e. The number of rotatable bonds is 7. The Labute approximate surface area is 147 Å². The Kier molecular flexibility index (Phi) is 6.45. The van der Waals surface area contributed by atoms with Crippen LogP contribution in [0, 0.1) is 6.92 Å². The summed E-state index contributed by atoms with van der Waals surface area (Å²) >= 11 is 0. The molecule has 2 rings (SSSR count). The molecule has 25 heavy (non-hydrogen) atoms. The van der Waals surface area contributed by atoms with E-state index in [0.717, 1.165) is 19.4 Å². The van der Waals surface area contributed by atoms with Crippen LogP contribution in [0.4, 0.5) is 17.3 Å². The van der Waals surface area contributed by atoms with Crippen LogP contribution in [0.15, 0.2) is 30.3 Å². The van der Waals surface area contributed by atoms with Crippen LogP contribution < -0.4 is 16.0 Å². The molecule has 0 saturated carbocycles. The van der Waals surface area contributed by atoms with E-state index >= 15 is 0 Å². The van der Waals surface area contributed by atoms with Crippen molar-refractivity contribution in [2.75, 3.05) is 22.5 Å². The second kappa shape index (κ2) is 8.77. The highest BCUT2D eigenvalue weighted by Gasteiger charge is 2.11. The van der Waals surface area contributed by atoms with E-state index in [1.807, 2.05) is 6.92 Å². The maximum absolute atomic E-state index is 12.5. The molecule has 1 aromatic carbocycles. The fourth-order valence-corrected chi connectivity index (χ4v) is 2.21. The van der Waals surface area contributed by atoms with Crippen LogP contribution in [-0.2, 0) is 4.79 Å². The third-order valence-corrected chi connectivity index (χ3v) is 3.34. The summed E-state index contributed by atoms with van der Waals surface area (Å²) in [6.07, 6.45) is 2.07. The zero-order valence-electron chi connectivity index (χ0n) is 14.7. The average molecular weight is 341 g/mol. The Morgan fingerprint density at radius 2 is 1.80 bits per heavy atom. The van der Waals surface area contributed by atoms with Crippen molar-refractivity contribution < 1.29 is 9.59 Å². The molecule has 7 nitrogen and oxygen atoms in total. The first kappa shape index (κ1) is 18.4. The molecule has 0 radical (unpaired) electrons. The predicted molar refractivity (Wildman–Crippen MR) is 98.9 cm³/mol. The van der Waals surface area contributed by atoms with Crippen molar-refractivity contribution in [1.29, 1.82) is 0 Å². The van der Waals surface area contributed by atoms with Gasteiger partial charge in [-0.05, 0) is 37.6 Å². The summed E-state index contributed by atoms with van der Waals surface area (Å²) in [6.45, 7) is 6.12. The van der Waals surface area contributed by atoms with E-state index in [-0.39, 0.29) is 17.5 Å². The van der Waals surface area contributed by atoms with E-state index in [2.05, 4.69) is 32.8 Å². The van der Waals surface area contributed by atoms with Crippen molar-refractivity contribution in [2.45, 2.75) is 33.6 Å². The van der Waals surface area contributed by atoms with E-state index < -0.39 is 0 Å². The van der Waals surface area contributed by atoms with Gasteiger partial charge < -0.3 is 16.0 Å². The molecule has 132 valence electrons. The normalized spacial score (nSPS) is 10.2. The van der Waals surface area contributed by atoms with Gasteiger partial charge >= 0.3 is 0 Å². The number of aromatic nitrogens is 2. The Bertz CT molecular complexity index is 761. The minimum Gasteiger partial charge on any atom is -0.354 e. The number of nitrogens with zero attached hydrogens (tertiary/aromatic N) is 2. The van der Waals surface area contributed by atoms with E-state index in [9.17, 15) is 9.59 Å². The summed E-state index contributed by atoms with van der Waals surface area (Å²) < 4.78 is 0. The molecule has 2 amide bonds. The van der Waals surface area contributed by atoms with Gasteiger partial charge in [0.25, 0.3) is 5.91 Å². The maximum Gasteiger partial charge on any atom is 0.274 e. The SMILES string of the molecule is CCCCNc1nc(C)cc(C(=O)Nc2cccc(NC(C)=O)c2)n1. The predicted octanol–water partition coefficient (Wildman–Crippen LogP) is 3.21. The number of hydrogen-bond donors (Lipinski definition) is 3. The van der Waals surface area contributed by atoms with Crippen LogP contribution >= 0.6 is 0 Å². The molecular formula is C18H23N5O2. The maximum atomic E-state index is 12.5. The lowest BCUT2D eigenvalue weighted by Crippen LogP contribution is -2.16. The Hall–Kier alpha value is -2.96. The molecule has 0 saturated heterocycles. The lowest BCUT2D eigenvalue weighted by atomic mass is 10.2. The van der Waals surface area contributed by atoms with Crippen LogP contribution in [0.25, 0.3) is 0 Å². The van der Waals surface area contributed by atoms with Crippen molar-refractivity contribution in [3.8, 4) is 0 Å². The first-order valence-electron chi connectivity index (χ1n) is 8.26. The van der Waals surface area contributed by atoms with E-state index in [1.54, 1.807) is 30.3 Å². The third-order valence-electron chi connectivity index (χ3n) is 3.34. The number of unbranched alkanes of at least 4 members (excludes halogenated alkanes) is 1. The number of benzene rings is 1. The first-order chi connectivity index (χ1) is 12.0. The Morgan fingerprint density at radius 3 is 2.48 bits per heavy atom. The average Bonchev–Trinajstić information content (AvgIpc) is 2.54. The lowest BCUT2D eigenvalue weighted by molar-refractivity contribution is -0.114. The second-order valence-corrected chi connectivity index (χ2v) is 5.71. The number of nitrogens with one attached hydrogen (secondary N) is 3. The smallest absolute Gasteiger partial charge is 0.274 e. The van der Waals surface area contributed by atoms with Gasteiger partial charge in [-0.1, -0.05) is 19.4 Å². The van der Waals surface area contributed by atoms with Crippen LogP contribution in [0.2, 0.25) is 0 Å². The monoisotopic (exact) mass is 341 g/mol. The molecule has 1 heterocycles. The van der Waals surface area contributed by atoms with E-state index in [4.69, 9.17) is 0 Å². The fraction of sp³-hybridized carbons (Fsp3) is 0.333. The van der Waals surface area contributed by atoms with Crippen molar-refractivity contribution in [2.24, 2.45) is 0 Å². The standard InChI is InChI=1S/C18H23N5O2/c1-4-5-9-19-18-20-12(2)10-16(23-18)17(25)22-15-8-6-7-14(11-15)21-13(3)24/h6-8,10-11H,4-5,9H2,1-3H3,(H,21,24)(H,22,25)(H,19,20,23). The van der Waals surface area contributed by atoms with Gasteiger partial charge in [0, 0.05) is 30.5 Å². The molecule has 7 heteroatoms. The van der Waals surface area contributed by atoms with Crippen molar-refractivity contribution in [1.82, 2.24) is 9.97 Å². The summed E-state index contributed by atoms with van der Waals surface area (Å²) in [7, 11) is 0. The number of amides is 2. The van der Waals surface area contributed by atoms with E-state index in [1.165, 1.54) is 6.92 Å². The summed E-state index contributed by atoms with van der Waals surface area (Å²) in [5.41, 5.74) is 2.20. The number of carbonyl (C=O) groups excluding carboxylic acids is 2. The quantitative estimate of drug-likeness (QED) is 0.672. The van der Waals surface area contributed by atoms with Gasteiger partial charge in [-0.25, -0.2) is 9.97 Å². The van der Waals surface area contributed by atoms with Gasteiger partial charge in [-0.15, -0.1) is 0 Å². The molecule has 0 fully saturated rings. The second-order valence-electron chi connectivity index (χ2n) is 5.71. The minimum atomic E-state index is -0.330. The van der Waals surface area contributed by atoms with Gasteiger partial charge in [0.2, 0.25) is 11.9 Å². The molecule has 0 spiro atoms. The molecule has 1 aromatic heterocycles.